The average molecular weight is 328 g/mol. The number of fused-ring (bicyclic) bond motifs is 1. The highest BCUT2D eigenvalue weighted by molar-refractivity contribution is 7.92. The summed E-state index contributed by atoms with van der Waals surface area (Å²) < 4.78 is 27.7. The second-order valence-electron chi connectivity index (χ2n) is 5.50. The van der Waals surface area contributed by atoms with Crippen LogP contribution in [-0.2, 0) is 10.0 Å². The van der Waals surface area contributed by atoms with Crippen molar-refractivity contribution in [3.63, 3.8) is 0 Å². The maximum Gasteiger partial charge on any atom is 0.261 e. The zero-order valence-corrected chi connectivity index (χ0v) is 13.6. The summed E-state index contributed by atoms with van der Waals surface area (Å²) in [7, 11) is -3.69. The first-order chi connectivity index (χ1) is 10.8. The van der Waals surface area contributed by atoms with Crippen LogP contribution in [0.25, 0.3) is 10.9 Å². The number of nitrogens with one attached hydrogen (secondary N) is 2. The number of anilines is 1. The number of hydrogen-bond acceptors (Lipinski definition) is 3. The highest BCUT2D eigenvalue weighted by Gasteiger charge is 2.16. The van der Waals surface area contributed by atoms with Crippen molar-refractivity contribution in [2.24, 2.45) is 0 Å². The molecule has 0 unspecified atom stereocenters. The van der Waals surface area contributed by atoms with E-state index in [0.29, 0.717) is 16.6 Å². The Morgan fingerprint density at radius 3 is 2.48 bits per heavy atom. The van der Waals surface area contributed by atoms with Gasteiger partial charge in [-0.05, 0) is 55.1 Å². The summed E-state index contributed by atoms with van der Waals surface area (Å²) in [5.74, 6) is 0. The molecule has 0 aliphatic heterocycles. The van der Waals surface area contributed by atoms with E-state index in [1.807, 2.05) is 26.0 Å². The van der Waals surface area contributed by atoms with Crippen molar-refractivity contribution in [2.75, 3.05) is 4.72 Å². The van der Waals surface area contributed by atoms with E-state index in [0.717, 1.165) is 11.1 Å². The van der Waals surface area contributed by atoms with E-state index in [1.54, 1.807) is 18.2 Å². The van der Waals surface area contributed by atoms with Gasteiger partial charge in [-0.2, -0.15) is 0 Å². The van der Waals surface area contributed by atoms with Gasteiger partial charge in [0.25, 0.3) is 10.0 Å². The second kappa shape index (κ2) is 5.55. The molecule has 0 saturated heterocycles. The third-order valence-electron chi connectivity index (χ3n) is 3.63. The fraction of sp³-hybridized carbons (Fsp3) is 0.118. The van der Waals surface area contributed by atoms with Gasteiger partial charge >= 0.3 is 0 Å². The van der Waals surface area contributed by atoms with Gasteiger partial charge in [-0.1, -0.05) is 17.7 Å². The van der Waals surface area contributed by atoms with Crippen LogP contribution in [0.5, 0.6) is 0 Å². The summed E-state index contributed by atoms with van der Waals surface area (Å²) in [6.07, 6.45) is 0. The smallest absolute Gasteiger partial charge is 0.261 e. The second-order valence-corrected chi connectivity index (χ2v) is 7.18. The molecule has 0 aliphatic carbocycles. The molecule has 0 aliphatic rings. The van der Waals surface area contributed by atoms with Crippen molar-refractivity contribution in [3.8, 4) is 0 Å². The number of aromatic amines is 1. The Bertz CT molecular complexity index is 1050. The Kier molecular flexibility index (Phi) is 3.69. The lowest BCUT2D eigenvalue weighted by atomic mass is 10.1. The molecular weight excluding hydrogens is 312 g/mol. The molecule has 0 radical (unpaired) electrons. The number of aryl methyl sites for hydroxylation is 2. The van der Waals surface area contributed by atoms with Gasteiger partial charge in [0.1, 0.15) is 0 Å². The van der Waals surface area contributed by atoms with E-state index in [1.165, 1.54) is 18.2 Å². The molecule has 0 spiro atoms. The number of sulfonamides is 1. The fourth-order valence-corrected chi connectivity index (χ4v) is 3.60. The van der Waals surface area contributed by atoms with Crippen molar-refractivity contribution in [2.45, 2.75) is 18.7 Å². The Labute approximate surface area is 134 Å². The minimum Gasteiger partial charge on any atom is -0.322 e. The normalized spacial score (nSPS) is 11.6. The van der Waals surface area contributed by atoms with E-state index in [4.69, 9.17) is 0 Å². The number of benzene rings is 2. The van der Waals surface area contributed by atoms with Crippen molar-refractivity contribution in [1.82, 2.24) is 4.98 Å². The van der Waals surface area contributed by atoms with Crippen LogP contribution in [0.2, 0.25) is 0 Å². The van der Waals surface area contributed by atoms with Crippen molar-refractivity contribution < 1.29 is 8.42 Å². The van der Waals surface area contributed by atoms with Crippen LogP contribution in [-0.4, -0.2) is 13.4 Å². The molecule has 118 valence electrons. The quantitative estimate of drug-likeness (QED) is 0.776. The first kappa shape index (κ1) is 15.3. The SMILES string of the molecule is Cc1ccc(NS(=O)(=O)c2ccc3[nH]c(=O)ccc3c2)c(C)c1. The van der Waals surface area contributed by atoms with Gasteiger partial charge in [0.2, 0.25) is 5.56 Å². The van der Waals surface area contributed by atoms with Gasteiger partial charge < -0.3 is 4.98 Å². The maximum absolute atomic E-state index is 12.6. The topological polar surface area (TPSA) is 79.0 Å². The van der Waals surface area contributed by atoms with Crippen LogP contribution in [0.4, 0.5) is 5.69 Å². The van der Waals surface area contributed by atoms with Crippen LogP contribution in [0.3, 0.4) is 0 Å². The molecule has 1 aromatic heterocycles. The molecular formula is C17H16N2O3S. The van der Waals surface area contributed by atoms with Gasteiger partial charge in [-0.25, -0.2) is 8.42 Å². The number of aromatic nitrogens is 1. The van der Waals surface area contributed by atoms with E-state index in [9.17, 15) is 13.2 Å². The highest BCUT2D eigenvalue weighted by atomic mass is 32.2. The van der Waals surface area contributed by atoms with E-state index < -0.39 is 10.0 Å². The molecule has 1 heterocycles. The van der Waals surface area contributed by atoms with Crippen molar-refractivity contribution in [3.05, 3.63) is 70.0 Å². The molecule has 6 heteroatoms. The fourth-order valence-electron chi connectivity index (χ4n) is 2.43. The summed E-state index contributed by atoms with van der Waals surface area (Å²) >= 11 is 0. The summed E-state index contributed by atoms with van der Waals surface area (Å²) in [4.78, 5) is 14.1. The van der Waals surface area contributed by atoms with Gasteiger partial charge in [0.05, 0.1) is 10.6 Å². The van der Waals surface area contributed by atoms with Gasteiger partial charge in [0.15, 0.2) is 0 Å². The van der Waals surface area contributed by atoms with Crippen LogP contribution >= 0.6 is 0 Å². The van der Waals surface area contributed by atoms with Crippen LogP contribution in [0.1, 0.15) is 11.1 Å². The molecule has 2 aromatic carbocycles. The molecule has 0 saturated carbocycles. The third-order valence-corrected chi connectivity index (χ3v) is 4.99. The predicted octanol–water partition coefficient (Wildman–Crippen LogP) is 2.95. The highest BCUT2D eigenvalue weighted by Crippen LogP contribution is 2.22. The molecule has 0 bridgehead atoms. The first-order valence-electron chi connectivity index (χ1n) is 7.08. The lowest BCUT2D eigenvalue weighted by molar-refractivity contribution is 0.601. The summed E-state index contributed by atoms with van der Waals surface area (Å²) in [5, 5.41) is 0.660. The molecule has 0 amide bonds. The van der Waals surface area contributed by atoms with Crippen molar-refractivity contribution >= 4 is 26.6 Å². The number of hydrogen-bond donors (Lipinski definition) is 2. The van der Waals surface area contributed by atoms with Gasteiger partial charge in [0, 0.05) is 11.6 Å². The molecule has 0 atom stereocenters. The Morgan fingerprint density at radius 2 is 1.74 bits per heavy atom. The lowest BCUT2D eigenvalue weighted by Crippen LogP contribution is -2.14. The van der Waals surface area contributed by atoms with Gasteiger partial charge in [-0.15, -0.1) is 0 Å². The summed E-state index contributed by atoms with van der Waals surface area (Å²) in [6.45, 7) is 3.81. The largest absolute Gasteiger partial charge is 0.322 e. The molecule has 3 aromatic rings. The molecule has 0 fully saturated rings. The monoisotopic (exact) mass is 328 g/mol. The lowest BCUT2D eigenvalue weighted by Gasteiger charge is -2.11. The minimum atomic E-state index is -3.69. The van der Waals surface area contributed by atoms with Crippen LogP contribution in [0.15, 0.2) is 58.2 Å². The number of rotatable bonds is 3. The van der Waals surface area contributed by atoms with E-state index in [2.05, 4.69) is 9.71 Å². The van der Waals surface area contributed by atoms with E-state index >= 15 is 0 Å². The number of pyridine rings is 1. The zero-order valence-electron chi connectivity index (χ0n) is 12.8. The first-order valence-corrected chi connectivity index (χ1v) is 8.57. The molecule has 2 N–H and O–H groups in total. The zero-order chi connectivity index (χ0) is 16.6. The maximum atomic E-state index is 12.6. The number of H-pyrrole nitrogens is 1. The van der Waals surface area contributed by atoms with E-state index in [-0.39, 0.29) is 10.5 Å². The predicted molar refractivity (Wildman–Crippen MR) is 91.3 cm³/mol. The molecule has 3 rings (SSSR count). The van der Waals surface area contributed by atoms with Crippen LogP contribution < -0.4 is 10.3 Å². The van der Waals surface area contributed by atoms with Gasteiger partial charge in [-0.3, -0.25) is 9.52 Å². The Balaban J connectivity index is 2.02. The standard InChI is InChI=1S/C17H16N2O3S/c1-11-3-6-15(12(2)9-11)19-23(21,22)14-5-7-16-13(10-14)4-8-17(20)18-16/h3-10,19H,1-2H3,(H,18,20). The average Bonchev–Trinajstić information content (AvgIpc) is 2.49. The third kappa shape index (κ3) is 3.12. The van der Waals surface area contributed by atoms with Crippen molar-refractivity contribution in [1.29, 1.82) is 0 Å². The molecule has 5 nitrogen and oxygen atoms in total. The Morgan fingerprint density at radius 1 is 0.957 bits per heavy atom. The van der Waals surface area contributed by atoms with Crippen LogP contribution in [0, 0.1) is 13.8 Å². The minimum absolute atomic E-state index is 0.150. The summed E-state index contributed by atoms with van der Waals surface area (Å²) in [5.41, 5.74) is 2.86. The molecule has 23 heavy (non-hydrogen) atoms. The Hall–Kier alpha value is -2.60. The summed E-state index contributed by atoms with van der Waals surface area (Å²) in [6, 6.07) is 13.1.